The molecule has 188 valence electrons. The second-order valence-corrected chi connectivity index (χ2v) is 10.6. The van der Waals surface area contributed by atoms with Gasteiger partial charge in [-0.1, -0.05) is 0 Å². The maximum atomic E-state index is 13.1. The smallest absolute Gasteiger partial charge is 0.418 e. The van der Waals surface area contributed by atoms with E-state index in [2.05, 4.69) is 15.2 Å². The molecule has 0 unspecified atom stereocenters. The molecule has 6 rings (SSSR count). The van der Waals surface area contributed by atoms with Crippen LogP contribution in [0.3, 0.4) is 0 Å². The van der Waals surface area contributed by atoms with E-state index in [1.165, 1.54) is 0 Å². The Balaban J connectivity index is 1.24. The van der Waals surface area contributed by atoms with Gasteiger partial charge in [0.25, 0.3) is 0 Å². The predicted octanol–water partition coefficient (Wildman–Crippen LogP) is 2.23. The van der Waals surface area contributed by atoms with Crippen LogP contribution in [-0.4, -0.2) is 76.5 Å². The van der Waals surface area contributed by atoms with Crippen LogP contribution in [-0.2, 0) is 28.1 Å². The zero-order chi connectivity index (χ0) is 24.2. The Hall–Kier alpha value is -2.67. The largest absolute Gasteiger partial charge is 0.487 e. The first-order valence-corrected chi connectivity index (χ1v) is 13.0. The van der Waals surface area contributed by atoms with Gasteiger partial charge >= 0.3 is 6.18 Å². The number of piperazine rings is 1. The molecule has 9 nitrogen and oxygen atoms in total. The first-order valence-electron chi connectivity index (χ1n) is 11.7. The minimum absolute atomic E-state index is 0.0987. The lowest BCUT2D eigenvalue weighted by atomic mass is 10.1. The third kappa shape index (κ3) is 4.28. The Morgan fingerprint density at radius 3 is 2.80 bits per heavy atom. The van der Waals surface area contributed by atoms with Crippen LogP contribution in [0.15, 0.2) is 17.2 Å². The molecule has 0 aromatic carbocycles. The van der Waals surface area contributed by atoms with Crippen molar-refractivity contribution in [3.63, 3.8) is 0 Å². The highest BCUT2D eigenvalue weighted by Gasteiger charge is 2.38. The van der Waals surface area contributed by atoms with Crippen molar-refractivity contribution in [2.45, 2.75) is 42.4 Å². The Labute approximate surface area is 202 Å². The first-order chi connectivity index (χ1) is 16.9. The number of pyridine rings is 1. The van der Waals surface area contributed by atoms with Crippen LogP contribution in [0.5, 0.6) is 5.75 Å². The first kappa shape index (κ1) is 22.8. The van der Waals surface area contributed by atoms with Crippen LogP contribution in [0.2, 0.25) is 0 Å². The molecule has 2 fully saturated rings. The summed E-state index contributed by atoms with van der Waals surface area (Å²) in [7, 11) is -1.12. The minimum Gasteiger partial charge on any atom is -0.487 e. The van der Waals surface area contributed by atoms with Crippen LogP contribution >= 0.6 is 0 Å². The van der Waals surface area contributed by atoms with Gasteiger partial charge in [0.05, 0.1) is 28.1 Å². The second kappa shape index (κ2) is 8.77. The van der Waals surface area contributed by atoms with Gasteiger partial charge in [-0.25, -0.2) is 9.97 Å². The van der Waals surface area contributed by atoms with Gasteiger partial charge in [-0.3, -0.25) is 4.21 Å². The van der Waals surface area contributed by atoms with E-state index < -0.39 is 22.5 Å². The van der Waals surface area contributed by atoms with Gasteiger partial charge in [0.1, 0.15) is 17.3 Å². The van der Waals surface area contributed by atoms with Crippen LogP contribution in [0.1, 0.15) is 24.1 Å². The normalized spacial score (nSPS) is 24.4. The number of nitrogens with zero attached hydrogens (tertiary/aromatic N) is 5. The summed E-state index contributed by atoms with van der Waals surface area (Å²) in [5.74, 6) is 2.34. The molecule has 2 saturated heterocycles. The molecule has 0 aliphatic carbocycles. The quantitative estimate of drug-likeness (QED) is 0.667. The van der Waals surface area contributed by atoms with Crippen molar-refractivity contribution in [3.05, 3.63) is 23.5 Å². The lowest BCUT2D eigenvalue weighted by Crippen LogP contribution is -2.58. The third-order valence-electron chi connectivity index (χ3n) is 6.87. The van der Waals surface area contributed by atoms with E-state index in [1.54, 1.807) is 0 Å². The van der Waals surface area contributed by atoms with Crippen molar-refractivity contribution in [3.8, 4) is 5.75 Å². The number of nitrogens with one attached hydrogen (secondary N) is 1. The molecule has 13 heteroatoms. The minimum atomic E-state index is -4.47. The van der Waals surface area contributed by atoms with E-state index in [9.17, 15) is 17.4 Å². The van der Waals surface area contributed by atoms with Gasteiger partial charge in [0, 0.05) is 57.3 Å². The fraction of sp³-hybridized carbons (Fsp3) is 0.591. The number of ether oxygens (including phenoxy) is 2. The Morgan fingerprint density at radius 1 is 1.17 bits per heavy atom. The Morgan fingerprint density at radius 2 is 2.00 bits per heavy atom. The van der Waals surface area contributed by atoms with Crippen molar-refractivity contribution in [2.75, 3.05) is 60.3 Å². The summed E-state index contributed by atoms with van der Waals surface area (Å²) in [5, 5.41) is 3.49. The Kier molecular flexibility index (Phi) is 5.71. The number of rotatable bonds is 3. The van der Waals surface area contributed by atoms with Crippen molar-refractivity contribution in [1.82, 2.24) is 15.0 Å². The van der Waals surface area contributed by atoms with Crippen molar-refractivity contribution < 1.29 is 26.9 Å². The van der Waals surface area contributed by atoms with E-state index in [-0.39, 0.29) is 24.4 Å². The van der Waals surface area contributed by atoms with Crippen molar-refractivity contribution >= 4 is 28.4 Å². The highest BCUT2D eigenvalue weighted by Crippen LogP contribution is 2.39. The van der Waals surface area contributed by atoms with E-state index in [1.807, 2.05) is 4.90 Å². The molecule has 0 radical (unpaired) electrons. The van der Waals surface area contributed by atoms with Crippen LogP contribution < -0.4 is 19.9 Å². The average Bonchev–Trinajstić information content (AvgIpc) is 3.24. The van der Waals surface area contributed by atoms with E-state index in [0.717, 1.165) is 30.8 Å². The molecule has 0 amide bonds. The number of fused-ring (bicyclic) bond motifs is 4. The Bertz CT molecular complexity index is 1160. The number of hydrogen-bond acceptors (Lipinski definition) is 9. The molecule has 0 saturated carbocycles. The fourth-order valence-corrected chi connectivity index (χ4v) is 6.33. The topological polar surface area (TPSA) is 92.7 Å². The molecule has 0 spiro atoms. The van der Waals surface area contributed by atoms with E-state index in [0.29, 0.717) is 67.5 Å². The van der Waals surface area contributed by atoms with Gasteiger partial charge in [-0.05, 0) is 18.9 Å². The molecule has 0 bridgehead atoms. The average molecular weight is 511 g/mol. The number of aryl methyl sites for hydroxylation is 1. The second-order valence-electron chi connectivity index (χ2n) is 9.13. The van der Waals surface area contributed by atoms with Crippen LogP contribution in [0.25, 0.3) is 0 Å². The standard InChI is InChI=1S/C22H25F3N6O3S/c23-22(24,25)13-9-17-20(26-10-13)31-5-4-30(11-15(31)12-34-17)21-28-16-3-8-35(32)18(16)19(29-21)27-14-1-6-33-7-2-14/h9-10,14-15H,1-8,11-12H2,(H,27,28,29)/t15-,35+/m1/s1. The zero-order valence-electron chi connectivity index (χ0n) is 18.9. The third-order valence-corrected chi connectivity index (χ3v) is 8.33. The summed E-state index contributed by atoms with van der Waals surface area (Å²) in [5.41, 5.74) is -0.00118. The maximum absolute atomic E-state index is 13.1. The number of anilines is 3. The van der Waals surface area contributed by atoms with Gasteiger partial charge < -0.3 is 24.6 Å². The van der Waals surface area contributed by atoms with Gasteiger partial charge in [-0.2, -0.15) is 18.2 Å². The van der Waals surface area contributed by atoms with Gasteiger partial charge in [0.15, 0.2) is 11.6 Å². The summed E-state index contributed by atoms with van der Waals surface area (Å²) in [6.45, 7) is 3.29. The number of halogens is 3. The molecular formula is C22H25F3N6O3S. The lowest BCUT2D eigenvalue weighted by Gasteiger charge is -2.44. The fourth-order valence-electron chi connectivity index (χ4n) is 5.02. The molecular weight excluding hydrogens is 485 g/mol. The molecule has 2 aromatic heterocycles. The SMILES string of the molecule is O=[S@]1CCc2nc(N3CCN4c5ncc(C(F)(F)F)cc5OC[C@H]4C3)nc(NC3CCOCC3)c21. The summed E-state index contributed by atoms with van der Waals surface area (Å²) >= 11 is 0. The summed E-state index contributed by atoms with van der Waals surface area (Å²) in [6, 6.07) is 1.13. The van der Waals surface area contributed by atoms with Crippen molar-refractivity contribution in [1.29, 1.82) is 0 Å². The van der Waals surface area contributed by atoms with Crippen molar-refractivity contribution in [2.24, 2.45) is 0 Å². The summed E-state index contributed by atoms with van der Waals surface area (Å²) in [4.78, 5) is 18.4. The summed E-state index contributed by atoms with van der Waals surface area (Å²) < 4.78 is 63.0. The van der Waals surface area contributed by atoms with Crippen LogP contribution in [0.4, 0.5) is 30.8 Å². The van der Waals surface area contributed by atoms with Gasteiger partial charge in [-0.15, -0.1) is 0 Å². The number of hydrogen-bond donors (Lipinski definition) is 1. The molecule has 4 aliphatic rings. The highest BCUT2D eigenvalue weighted by molar-refractivity contribution is 7.85. The molecule has 4 aliphatic heterocycles. The van der Waals surface area contributed by atoms with E-state index in [4.69, 9.17) is 19.4 Å². The highest BCUT2D eigenvalue weighted by atomic mass is 32.2. The number of alkyl halides is 3. The zero-order valence-corrected chi connectivity index (χ0v) is 19.7. The number of aromatic nitrogens is 3. The summed E-state index contributed by atoms with van der Waals surface area (Å²) in [6.07, 6.45) is -1.24. The van der Waals surface area contributed by atoms with Crippen LogP contribution in [0, 0.1) is 0 Å². The molecule has 35 heavy (non-hydrogen) atoms. The maximum Gasteiger partial charge on any atom is 0.418 e. The predicted molar refractivity (Wildman–Crippen MR) is 123 cm³/mol. The molecule has 1 N–H and O–H groups in total. The monoisotopic (exact) mass is 510 g/mol. The molecule has 2 aromatic rings. The van der Waals surface area contributed by atoms with E-state index >= 15 is 0 Å². The van der Waals surface area contributed by atoms with Gasteiger partial charge in [0.2, 0.25) is 5.95 Å². The lowest BCUT2D eigenvalue weighted by molar-refractivity contribution is -0.138. The molecule has 6 heterocycles. The molecule has 2 atom stereocenters.